The van der Waals surface area contributed by atoms with Crippen LogP contribution < -0.4 is 28.8 Å². The van der Waals surface area contributed by atoms with E-state index in [1.165, 1.54) is 0 Å². The van der Waals surface area contributed by atoms with Crippen molar-refractivity contribution >= 4 is 64.7 Å². The van der Waals surface area contributed by atoms with Crippen LogP contribution in [0.4, 0.5) is 0 Å². The van der Waals surface area contributed by atoms with Crippen molar-refractivity contribution in [1.82, 2.24) is 0 Å². The molecule has 0 saturated carbocycles. The van der Waals surface area contributed by atoms with Crippen LogP contribution in [-0.2, 0) is 32.9 Å². The van der Waals surface area contributed by atoms with E-state index in [1.807, 2.05) is 0 Å². The Morgan fingerprint density at radius 1 is 0.600 bits per heavy atom. The maximum absolute atomic E-state index is 8.52. The minimum atomic E-state index is -3.63. The Labute approximate surface area is 125 Å². The van der Waals surface area contributed by atoms with Gasteiger partial charge in [0.15, 0.2) is 0 Å². The Hall–Kier alpha value is 0.643. The molecule has 0 fully saturated rings. The fourth-order valence-electron chi connectivity index (χ4n) is 0. The van der Waals surface area contributed by atoms with Crippen LogP contribution in [0.15, 0.2) is 0 Å². The van der Waals surface area contributed by atoms with Gasteiger partial charge < -0.3 is 42.2 Å². The van der Waals surface area contributed by atoms with Gasteiger partial charge in [0.25, 0.3) is 0 Å². The van der Waals surface area contributed by atoms with Crippen LogP contribution in [0, 0.1) is 0 Å². The summed E-state index contributed by atoms with van der Waals surface area (Å²) >= 11 is 0. The van der Waals surface area contributed by atoms with Gasteiger partial charge >= 0.3 is 37.2 Å². The van der Waals surface area contributed by atoms with Crippen molar-refractivity contribution < 1.29 is 61.6 Å². The minimum Gasteiger partial charge on any atom is -0.672 e. The minimum absolute atomic E-state index is 0. The van der Waals surface area contributed by atoms with Crippen LogP contribution in [-0.4, -0.2) is 64.7 Å². The molecule has 0 rings (SSSR count). The largest absolute Gasteiger partial charge is 3.00 e. The van der Waals surface area contributed by atoms with Gasteiger partial charge in [0.1, 0.15) is 0 Å². The van der Waals surface area contributed by atoms with E-state index >= 15 is 0 Å². The number of hydrogen-bond acceptors (Lipinski definition) is 9. The van der Waals surface area contributed by atoms with Crippen LogP contribution in [0.5, 0.6) is 0 Å². The summed E-state index contributed by atoms with van der Waals surface area (Å²) in [7, 11) is -10.9. The van der Waals surface area contributed by atoms with Gasteiger partial charge in [0.2, 0.25) is 0 Å². The number of hydrogen-bond donors (Lipinski definition) is 0. The average molecular weight is 390 g/mol. The Morgan fingerprint density at radius 3 is 0.600 bits per heavy atom. The molecule has 0 radical (unpaired) electrons. The van der Waals surface area contributed by atoms with E-state index in [0.29, 0.717) is 0 Å². The molecule has 15 heteroatoms. The Kier molecular flexibility index (Phi) is 70.5. The molecule has 0 unspecified atom stereocenters. The predicted molar refractivity (Wildman–Crippen MR) is 30.8 cm³/mol. The molecule has 0 aromatic heterocycles. The van der Waals surface area contributed by atoms with E-state index in [2.05, 4.69) is 0 Å². The normalized spacial score (nSPS) is 4.80. The maximum Gasteiger partial charge on any atom is 3.00 e. The summed E-state index contributed by atoms with van der Waals surface area (Å²) in [6, 6.07) is 0. The standard InChI is InChI=1S/Al.Ga.3O3Si.Zn/c;;3*1-4(2)3;/q2*+3;3*-2;. The van der Waals surface area contributed by atoms with Crippen LogP contribution in [0.25, 0.3) is 0 Å². The van der Waals surface area contributed by atoms with Crippen molar-refractivity contribution in [2.75, 3.05) is 0 Å². The average Bonchev–Trinajstić information content (AvgIpc) is 1.54. The fourth-order valence-corrected chi connectivity index (χ4v) is 0. The van der Waals surface area contributed by atoms with E-state index in [9.17, 15) is 0 Å². The second kappa shape index (κ2) is 29.3. The molecule has 0 saturated heterocycles. The van der Waals surface area contributed by atoms with Crippen molar-refractivity contribution in [3.05, 3.63) is 0 Å². The van der Waals surface area contributed by atoms with E-state index in [1.54, 1.807) is 0 Å². The van der Waals surface area contributed by atoms with Gasteiger partial charge in [0, 0.05) is 47.0 Å². The first-order chi connectivity index (χ1) is 5.20. The van der Waals surface area contributed by atoms with Gasteiger partial charge in [-0.15, -0.1) is 0 Å². The second-order valence-corrected chi connectivity index (χ2v) is 2.25. The fraction of sp³-hybridized carbons (Fsp3) is 0. The third-order valence-electron chi connectivity index (χ3n) is 0. The second-order valence-electron chi connectivity index (χ2n) is 0.750. The van der Waals surface area contributed by atoms with Crippen LogP contribution in [0.3, 0.4) is 0 Å². The van der Waals surface area contributed by atoms with Gasteiger partial charge in [-0.05, 0) is 0 Å². The van der Waals surface area contributed by atoms with Crippen molar-refractivity contribution in [1.29, 1.82) is 0 Å². The van der Waals surface area contributed by atoms with Gasteiger partial charge in [-0.25, -0.2) is 0 Å². The molecular weight excluding hydrogens is 390 g/mol. The van der Waals surface area contributed by atoms with Crippen molar-refractivity contribution in [3.63, 3.8) is 0 Å². The first kappa shape index (κ1) is 36.1. The molecule has 15 heavy (non-hydrogen) atoms. The summed E-state index contributed by atoms with van der Waals surface area (Å²) in [6.45, 7) is 0. The summed E-state index contributed by atoms with van der Waals surface area (Å²) in [5.41, 5.74) is 0. The van der Waals surface area contributed by atoms with Crippen molar-refractivity contribution in [2.24, 2.45) is 0 Å². The summed E-state index contributed by atoms with van der Waals surface area (Å²) in [5.74, 6) is 0. The van der Waals surface area contributed by atoms with E-state index < -0.39 is 27.5 Å². The zero-order valence-corrected chi connectivity index (χ0v) is 16.6. The predicted octanol–water partition coefficient (Wildman–Crippen LogP) is -9.40. The molecule has 0 amide bonds. The first-order valence-corrected chi connectivity index (χ1v) is 5.51. The molecule has 0 aliphatic heterocycles. The molecule has 0 aliphatic rings. The smallest absolute Gasteiger partial charge is 0.672 e. The van der Waals surface area contributed by atoms with E-state index in [0.717, 1.165) is 0 Å². The molecule has 0 aliphatic carbocycles. The molecule has 0 heterocycles. The molecule has 0 spiro atoms. The van der Waals surface area contributed by atoms with Gasteiger partial charge in [-0.1, -0.05) is 0 Å². The van der Waals surface area contributed by atoms with Crippen molar-refractivity contribution in [3.8, 4) is 0 Å². The molecular formula is AlGaO9Si3Zn. The van der Waals surface area contributed by atoms with Crippen LogP contribution in [0.1, 0.15) is 0 Å². The van der Waals surface area contributed by atoms with E-state index in [4.69, 9.17) is 42.2 Å². The van der Waals surface area contributed by atoms with Crippen molar-refractivity contribution in [2.45, 2.75) is 0 Å². The molecule has 0 aromatic rings. The van der Waals surface area contributed by atoms with E-state index in [-0.39, 0.29) is 56.6 Å². The van der Waals surface area contributed by atoms with Crippen LogP contribution >= 0.6 is 0 Å². The number of rotatable bonds is 0. The first-order valence-electron chi connectivity index (χ1n) is 1.84. The molecule has 9 nitrogen and oxygen atoms in total. The third kappa shape index (κ3) is 5660. The zero-order valence-electron chi connectivity index (χ0n) is 7.04. The third-order valence-corrected chi connectivity index (χ3v) is 0. The van der Waals surface area contributed by atoms with Gasteiger partial charge in [-0.3, -0.25) is 0 Å². The summed E-state index contributed by atoms with van der Waals surface area (Å²) in [5, 5.41) is 0. The molecule has 0 aromatic carbocycles. The van der Waals surface area contributed by atoms with Crippen LogP contribution in [0.2, 0.25) is 0 Å². The van der Waals surface area contributed by atoms with Gasteiger partial charge in [-0.2, -0.15) is 0 Å². The summed E-state index contributed by atoms with van der Waals surface area (Å²) < 4.78 is 25.6. The molecule has 0 atom stereocenters. The topological polar surface area (TPSA) is 190 Å². The molecule has 74 valence electrons. The van der Waals surface area contributed by atoms with Gasteiger partial charge in [0.05, 0.1) is 0 Å². The summed E-state index contributed by atoms with van der Waals surface area (Å²) in [4.78, 5) is 51.1. The molecule has 0 bridgehead atoms. The Morgan fingerprint density at radius 2 is 0.600 bits per heavy atom. The maximum atomic E-state index is 8.52. The quantitative estimate of drug-likeness (QED) is 0.361. The zero-order chi connectivity index (χ0) is 10.7. The summed E-state index contributed by atoms with van der Waals surface area (Å²) in [6.07, 6.45) is 0. The Balaban J connectivity index is -0.0000000184. The monoisotopic (exact) mass is 388 g/mol. The SMILES string of the molecule is O=[Si]([O-])[O-].O=[Si]([O-])[O-].O=[Si]([O-])[O-].[Al+3].[Ga+3].[Zn]. The molecule has 0 N–H and O–H groups in total. The Bertz CT molecular complexity index is 123.